The van der Waals surface area contributed by atoms with Crippen molar-refractivity contribution in [2.75, 3.05) is 19.8 Å². The van der Waals surface area contributed by atoms with Crippen LogP contribution in [-0.4, -0.2) is 42.7 Å². The molecular formula is C13H13Cl3N2O4. The first-order valence-electron chi connectivity index (χ1n) is 6.54. The van der Waals surface area contributed by atoms with Crippen LogP contribution in [0, 0.1) is 0 Å². The highest BCUT2D eigenvalue weighted by Crippen LogP contribution is 2.31. The number of hydrogen-bond acceptors (Lipinski definition) is 5. The van der Waals surface area contributed by atoms with Gasteiger partial charge in [0.1, 0.15) is 0 Å². The first-order chi connectivity index (χ1) is 10.5. The average Bonchev–Trinajstić information content (AvgIpc) is 3.02. The van der Waals surface area contributed by atoms with E-state index in [-0.39, 0.29) is 26.9 Å². The predicted molar refractivity (Wildman–Crippen MR) is 81.5 cm³/mol. The average molecular weight is 368 g/mol. The molecular weight excluding hydrogens is 355 g/mol. The first kappa shape index (κ1) is 17.3. The van der Waals surface area contributed by atoms with Gasteiger partial charge in [-0.05, 0) is 12.8 Å². The van der Waals surface area contributed by atoms with Gasteiger partial charge in [0.2, 0.25) is 0 Å². The Hall–Kier alpha value is -1.08. The summed E-state index contributed by atoms with van der Waals surface area (Å²) in [6.07, 6.45) is 3.09. The molecule has 1 N–H and O–H groups in total. The Morgan fingerprint density at radius 3 is 2.82 bits per heavy atom. The zero-order valence-electron chi connectivity index (χ0n) is 11.4. The Morgan fingerprint density at radius 1 is 1.36 bits per heavy atom. The first-order valence-corrected chi connectivity index (χ1v) is 7.67. The van der Waals surface area contributed by atoms with E-state index in [4.69, 9.17) is 44.3 Å². The summed E-state index contributed by atoms with van der Waals surface area (Å²) < 4.78 is 10.2. The third kappa shape index (κ3) is 4.46. The minimum Gasteiger partial charge on any atom is -0.451 e. The van der Waals surface area contributed by atoms with Crippen molar-refractivity contribution < 1.29 is 19.1 Å². The van der Waals surface area contributed by atoms with Crippen molar-refractivity contribution in [3.8, 4) is 0 Å². The van der Waals surface area contributed by atoms with Gasteiger partial charge in [0.15, 0.2) is 12.3 Å². The van der Waals surface area contributed by atoms with Crippen LogP contribution in [0.1, 0.15) is 23.3 Å². The maximum atomic E-state index is 11.8. The Balaban J connectivity index is 1.82. The van der Waals surface area contributed by atoms with Gasteiger partial charge in [-0.1, -0.05) is 34.8 Å². The summed E-state index contributed by atoms with van der Waals surface area (Å²) in [5, 5.41) is 2.64. The molecule has 1 fully saturated rings. The van der Waals surface area contributed by atoms with E-state index in [9.17, 15) is 9.59 Å². The Labute approximate surface area is 142 Å². The van der Waals surface area contributed by atoms with Gasteiger partial charge in [-0.2, -0.15) is 0 Å². The molecule has 0 aromatic carbocycles. The highest BCUT2D eigenvalue weighted by atomic mass is 35.5. The van der Waals surface area contributed by atoms with Crippen LogP contribution >= 0.6 is 34.8 Å². The van der Waals surface area contributed by atoms with E-state index >= 15 is 0 Å². The maximum Gasteiger partial charge on any atom is 0.359 e. The van der Waals surface area contributed by atoms with Crippen LogP contribution in [0.3, 0.4) is 0 Å². The van der Waals surface area contributed by atoms with Crippen molar-refractivity contribution in [2.45, 2.75) is 18.9 Å². The molecule has 0 aliphatic carbocycles. The molecule has 1 aliphatic heterocycles. The Morgan fingerprint density at radius 2 is 2.14 bits per heavy atom. The zero-order chi connectivity index (χ0) is 16.1. The summed E-state index contributed by atoms with van der Waals surface area (Å²) >= 11 is 17.4. The normalized spacial score (nSPS) is 17.3. The smallest absolute Gasteiger partial charge is 0.359 e. The largest absolute Gasteiger partial charge is 0.451 e. The maximum absolute atomic E-state index is 11.8. The quantitative estimate of drug-likeness (QED) is 0.809. The van der Waals surface area contributed by atoms with E-state index in [1.54, 1.807) is 0 Å². The van der Waals surface area contributed by atoms with Crippen LogP contribution in [0.15, 0.2) is 6.20 Å². The lowest BCUT2D eigenvalue weighted by atomic mass is 10.2. The number of carbonyl (C=O) groups is 2. The molecule has 1 aromatic heterocycles. The second-order valence-electron chi connectivity index (χ2n) is 4.60. The number of pyridine rings is 1. The topological polar surface area (TPSA) is 77.5 Å². The van der Waals surface area contributed by atoms with Gasteiger partial charge in [0.05, 0.1) is 21.2 Å². The molecule has 0 spiro atoms. The lowest BCUT2D eigenvalue weighted by Gasteiger charge is -2.11. The van der Waals surface area contributed by atoms with Crippen molar-refractivity contribution in [1.82, 2.24) is 10.3 Å². The lowest BCUT2D eigenvalue weighted by molar-refractivity contribution is -0.124. The molecule has 9 heteroatoms. The monoisotopic (exact) mass is 366 g/mol. The predicted octanol–water partition coefficient (Wildman–Crippen LogP) is 2.49. The Bertz CT molecular complexity index is 577. The summed E-state index contributed by atoms with van der Waals surface area (Å²) in [7, 11) is 0. The fraction of sp³-hybridized carbons (Fsp3) is 0.462. The molecule has 120 valence electrons. The zero-order valence-corrected chi connectivity index (χ0v) is 13.7. The molecule has 2 heterocycles. The van der Waals surface area contributed by atoms with Crippen LogP contribution < -0.4 is 5.32 Å². The molecule has 22 heavy (non-hydrogen) atoms. The molecule has 2 rings (SSSR count). The molecule has 1 unspecified atom stereocenters. The van der Waals surface area contributed by atoms with Gasteiger partial charge in [0, 0.05) is 19.3 Å². The number of amides is 1. The number of aromatic nitrogens is 1. The van der Waals surface area contributed by atoms with Crippen molar-refractivity contribution >= 4 is 46.7 Å². The molecule has 1 saturated heterocycles. The van der Waals surface area contributed by atoms with Gasteiger partial charge in [0.25, 0.3) is 5.91 Å². The van der Waals surface area contributed by atoms with E-state index < -0.39 is 18.5 Å². The van der Waals surface area contributed by atoms with Crippen LogP contribution in [0.2, 0.25) is 15.1 Å². The molecule has 1 amide bonds. The molecule has 1 aliphatic rings. The van der Waals surface area contributed by atoms with Crippen molar-refractivity contribution in [3.05, 3.63) is 27.0 Å². The second kappa shape index (κ2) is 7.97. The van der Waals surface area contributed by atoms with Gasteiger partial charge in [-0.25, -0.2) is 9.78 Å². The standard InChI is InChI=1S/C13H13Cl3N2O4/c14-8-5-18-12(11(16)10(8)15)13(20)22-6-9(19)17-4-7-2-1-3-21-7/h5,7H,1-4,6H2,(H,17,19). The number of ether oxygens (including phenoxy) is 2. The number of esters is 1. The minimum atomic E-state index is -0.851. The van der Waals surface area contributed by atoms with Crippen LogP contribution in [0.4, 0.5) is 0 Å². The lowest BCUT2D eigenvalue weighted by Crippen LogP contribution is -2.34. The summed E-state index contributed by atoms with van der Waals surface area (Å²) in [4.78, 5) is 27.2. The van der Waals surface area contributed by atoms with Crippen molar-refractivity contribution in [3.63, 3.8) is 0 Å². The number of halogens is 3. The SMILES string of the molecule is O=C(COC(=O)c1ncc(Cl)c(Cl)c1Cl)NCC1CCCO1. The molecule has 1 atom stereocenters. The molecule has 6 nitrogen and oxygen atoms in total. The molecule has 0 bridgehead atoms. The fourth-order valence-electron chi connectivity index (χ4n) is 1.87. The summed E-state index contributed by atoms with van der Waals surface area (Å²) in [5.41, 5.74) is -0.192. The van der Waals surface area contributed by atoms with Crippen molar-refractivity contribution in [2.24, 2.45) is 0 Å². The van der Waals surface area contributed by atoms with Crippen molar-refractivity contribution in [1.29, 1.82) is 0 Å². The summed E-state index contributed by atoms with van der Waals surface area (Å²) in [6.45, 7) is 0.656. The number of nitrogens with zero attached hydrogens (tertiary/aromatic N) is 1. The van der Waals surface area contributed by atoms with Gasteiger partial charge in [-0.3, -0.25) is 4.79 Å². The Kier molecular flexibility index (Phi) is 6.26. The number of nitrogens with one attached hydrogen (secondary N) is 1. The van der Waals surface area contributed by atoms with Gasteiger partial charge in [-0.15, -0.1) is 0 Å². The van der Waals surface area contributed by atoms with Gasteiger partial charge < -0.3 is 14.8 Å². The summed E-state index contributed by atoms with van der Waals surface area (Å²) in [5.74, 6) is -1.28. The molecule has 1 aromatic rings. The number of rotatable bonds is 5. The van der Waals surface area contributed by atoms with E-state index in [2.05, 4.69) is 10.3 Å². The summed E-state index contributed by atoms with van der Waals surface area (Å²) in [6, 6.07) is 0. The van der Waals surface area contributed by atoms with Crippen LogP contribution in [0.5, 0.6) is 0 Å². The minimum absolute atomic E-state index is 0.00752. The molecule has 0 radical (unpaired) electrons. The highest BCUT2D eigenvalue weighted by Gasteiger charge is 2.20. The van der Waals surface area contributed by atoms with Crippen LogP contribution in [-0.2, 0) is 14.3 Å². The fourth-order valence-corrected chi connectivity index (χ4v) is 2.43. The second-order valence-corrected chi connectivity index (χ2v) is 5.76. The van der Waals surface area contributed by atoms with Gasteiger partial charge >= 0.3 is 5.97 Å². The third-order valence-electron chi connectivity index (χ3n) is 3.00. The number of carbonyl (C=O) groups excluding carboxylic acids is 2. The highest BCUT2D eigenvalue weighted by molar-refractivity contribution is 6.48. The van der Waals surface area contributed by atoms with E-state index in [1.807, 2.05) is 0 Å². The number of hydrogen-bond donors (Lipinski definition) is 1. The molecule has 0 saturated carbocycles. The van der Waals surface area contributed by atoms with Crippen LogP contribution in [0.25, 0.3) is 0 Å². The van der Waals surface area contributed by atoms with E-state index in [0.29, 0.717) is 13.2 Å². The van der Waals surface area contributed by atoms with E-state index in [1.165, 1.54) is 6.20 Å². The van der Waals surface area contributed by atoms with E-state index in [0.717, 1.165) is 12.8 Å². The third-order valence-corrected chi connectivity index (χ3v) is 4.24.